The van der Waals surface area contributed by atoms with Gasteiger partial charge in [0.25, 0.3) is 0 Å². The molecule has 1 aromatic carbocycles. The quantitative estimate of drug-likeness (QED) is 0.633. The average molecular weight is 375 g/mol. The second kappa shape index (κ2) is 6.89. The van der Waals surface area contributed by atoms with Crippen LogP contribution in [0.5, 0.6) is 0 Å². The van der Waals surface area contributed by atoms with Gasteiger partial charge in [0, 0.05) is 24.8 Å². The number of fused-ring (bicyclic) bond motifs is 2. The van der Waals surface area contributed by atoms with Crippen molar-refractivity contribution in [1.82, 2.24) is 4.98 Å². The Balaban J connectivity index is 1.69. The Hall–Kier alpha value is -1.71. The van der Waals surface area contributed by atoms with Crippen molar-refractivity contribution in [2.45, 2.75) is 38.7 Å². The van der Waals surface area contributed by atoms with E-state index in [-0.39, 0.29) is 6.10 Å². The number of hydrogen-bond acceptors (Lipinski definition) is 3. The molecule has 0 bridgehead atoms. The number of rotatable bonds is 4. The van der Waals surface area contributed by atoms with Gasteiger partial charge in [-0.05, 0) is 42.3 Å². The largest absolute Gasteiger partial charge is 0.489 e. The number of aromatic nitrogens is 1. The highest BCUT2D eigenvalue weighted by molar-refractivity contribution is 6.42. The summed E-state index contributed by atoms with van der Waals surface area (Å²) in [6, 6.07) is 9.77. The van der Waals surface area contributed by atoms with Gasteiger partial charge in [-0.1, -0.05) is 43.0 Å². The van der Waals surface area contributed by atoms with Crippen LogP contribution in [0.15, 0.2) is 42.1 Å². The zero-order chi connectivity index (χ0) is 17.4. The third-order valence-electron chi connectivity index (χ3n) is 4.81. The number of unbranched alkanes of at least 4 members (excludes halogenated alkanes) is 1. The molecule has 25 heavy (non-hydrogen) atoms. The van der Waals surface area contributed by atoms with E-state index in [4.69, 9.17) is 27.9 Å². The molecule has 0 N–H and O–H groups in total. The van der Waals surface area contributed by atoms with Crippen LogP contribution in [-0.4, -0.2) is 17.6 Å². The molecule has 0 fully saturated rings. The first-order valence-corrected chi connectivity index (χ1v) is 9.49. The first-order chi connectivity index (χ1) is 12.2. The summed E-state index contributed by atoms with van der Waals surface area (Å²) < 4.78 is 6.29. The molecule has 130 valence electrons. The van der Waals surface area contributed by atoms with E-state index in [1.54, 1.807) is 0 Å². The molecule has 1 unspecified atom stereocenters. The molecule has 3 nitrogen and oxygen atoms in total. The number of anilines is 2. The van der Waals surface area contributed by atoms with E-state index >= 15 is 0 Å². The molecule has 0 radical (unpaired) electrons. The monoisotopic (exact) mass is 374 g/mol. The number of hydrogen-bond donors (Lipinski definition) is 0. The van der Waals surface area contributed by atoms with Crippen molar-refractivity contribution in [2.24, 2.45) is 0 Å². The molecular weight excluding hydrogens is 355 g/mol. The van der Waals surface area contributed by atoms with Crippen LogP contribution in [-0.2, 0) is 4.74 Å². The molecule has 1 atom stereocenters. The van der Waals surface area contributed by atoms with Crippen LogP contribution in [0.3, 0.4) is 0 Å². The summed E-state index contributed by atoms with van der Waals surface area (Å²) >= 11 is 12.3. The zero-order valence-corrected chi connectivity index (χ0v) is 15.6. The Labute approximate surface area is 158 Å². The van der Waals surface area contributed by atoms with E-state index in [1.807, 2.05) is 30.5 Å². The van der Waals surface area contributed by atoms with Gasteiger partial charge in [0.1, 0.15) is 17.7 Å². The summed E-state index contributed by atoms with van der Waals surface area (Å²) in [5.41, 5.74) is 3.40. The summed E-state index contributed by atoms with van der Waals surface area (Å²) in [6.45, 7) is 2.99. The van der Waals surface area contributed by atoms with Gasteiger partial charge < -0.3 is 9.64 Å². The van der Waals surface area contributed by atoms with Crippen molar-refractivity contribution in [3.8, 4) is 0 Å². The predicted molar refractivity (Wildman–Crippen MR) is 104 cm³/mol. The lowest BCUT2D eigenvalue weighted by molar-refractivity contribution is 0.177. The number of benzene rings is 1. The van der Waals surface area contributed by atoms with Crippen molar-refractivity contribution in [3.63, 3.8) is 0 Å². The fourth-order valence-corrected chi connectivity index (χ4v) is 3.86. The average Bonchev–Trinajstić information content (AvgIpc) is 3.05. The molecule has 0 spiro atoms. The summed E-state index contributed by atoms with van der Waals surface area (Å²) in [5, 5.41) is 1.12. The Morgan fingerprint density at radius 2 is 2.12 bits per heavy atom. The summed E-state index contributed by atoms with van der Waals surface area (Å²) in [5.74, 6) is 1.94. The minimum atomic E-state index is 0.284. The van der Waals surface area contributed by atoms with Crippen LogP contribution in [0, 0.1) is 0 Å². The van der Waals surface area contributed by atoms with Crippen LogP contribution in [0.25, 0.3) is 5.76 Å². The fraction of sp³-hybridized carbons (Fsp3) is 0.350. The van der Waals surface area contributed by atoms with Gasteiger partial charge in [0.2, 0.25) is 0 Å². The molecule has 2 aliphatic rings. The molecule has 0 saturated carbocycles. The van der Waals surface area contributed by atoms with Crippen LogP contribution in [0.4, 0.5) is 11.5 Å². The maximum atomic E-state index is 6.29. The number of halogens is 2. The summed E-state index contributed by atoms with van der Waals surface area (Å²) in [7, 11) is 0. The normalized spacial score (nSPS) is 18.8. The van der Waals surface area contributed by atoms with E-state index in [1.165, 1.54) is 18.4 Å². The third-order valence-corrected chi connectivity index (χ3v) is 5.55. The Morgan fingerprint density at radius 1 is 1.24 bits per heavy atom. The van der Waals surface area contributed by atoms with Crippen molar-refractivity contribution in [1.29, 1.82) is 0 Å². The van der Waals surface area contributed by atoms with Crippen molar-refractivity contribution in [2.75, 3.05) is 11.4 Å². The lowest BCUT2D eigenvalue weighted by Gasteiger charge is -2.30. The van der Waals surface area contributed by atoms with Crippen LogP contribution in [0.2, 0.25) is 10.0 Å². The molecule has 0 amide bonds. The molecule has 0 saturated heterocycles. The van der Waals surface area contributed by atoms with Gasteiger partial charge in [-0.15, -0.1) is 0 Å². The number of nitrogens with zero attached hydrogens (tertiary/aromatic N) is 2. The molecule has 1 aromatic heterocycles. The third kappa shape index (κ3) is 3.11. The number of pyridine rings is 1. The maximum absolute atomic E-state index is 6.29. The van der Waals surface area contributed by atoms with Crippen molar-refractivity contribution in [3.05, 3.63) is 57.7 Å². The van der Waals surface area contributed by atoms with Crippen LogP contribution < -0.4 is 4.90 Å². The number of ether oxygens (including phenoxy) is 1. The van der Waals surface area contributed by atoms with Gasteiger partial charge in [0.15, 0.2) is 0 Å². The molecule has 5 heteroatoms. The molecule has 2 aromatic rings. The fourth-order valence-electron chi connectivity index (χ4n) is 3.56. The van der Waals surface area contributed by atoms with Gasteiger partial charge in [-0.2, -0.15) is 0 Å². The molecule has 4 rings (SSSR count). The van der Waals surface area contributed by atoms with E-state index in [0.29, 0.717) is 10.0 Å². The van der Waals surface area contributed by atoms with Crippen LogP contribution >= 0.6 is 23.2 Å². The lowest BCUT2D eigenvalue weighted by atomic mass is 9.99. The van der Waals surface area contributed by atoms with Gasteiger partial charge in [0.05, 0.1) is 15.6 Å². The topological polar surface area (TPSA) is 25.4 Å². The highest BCUT2D eigenvalue weighted by atomic mass is 35.5. The second-order valence-corrected chi connectivity index (χ2v) is 7.39. The summed E-state index contributed by atoms with van der Waals surface area (Å²) in [6.07, 6.45) is 6.58. The molecule has 0 aliphatic carbocycles. The Morgan fingerprint density at radius 3 is 2.92 bits per heavy atom. The maximum Gasteiger partial charge on any atom is 0.144 e. The lowest BCUT2D eigenvalue weighted by Crippen LogP contribution is -2.25. The smallest absolute Gasteiger partial charge is 0.144 e. The van der Waals surface area contributed by atoms with Gasteiger partial charge in [-0.3, -0.25) is 0 Å². The highest BCUT2D eigenvalue weighted by Gasteiger charge is 2.34. The first-order valence-electron chi connectivity index (χ1n) is 8.74. The van der Waals surface area contributed by atoms with Crippen LogP contribution in [0.1, 0.15) is 38.2 Å². The summed E-state index contributed by atoms with van der Waals surface area (Å²) in [4.78, 5) is 6.81. The minimum Gasteiger partial charge on any atom is -0.489 e. The van der Waals surface area contributed by atoms with Gasteiger partial charge in [-0.25, -0.2) is 4.98 Å². The van der Waals surface area contributed by atoms with E-state index in [0.717, 1.165) is 42.2 Å². The Bertz CT molecular complexity index is 834. The second-order valence-electron chi connectivity index (χ2n) is 6.58. The molecule has 3 heterocycles. The standard InChI is InChI=1S/C20H20Cl2N2O/c1-2-3-5-15-10-13-12-24(14-7-8-17(21)18(22)11-14)20-16(19(13)25-15)6-4-9-23-20/h4,6-9,11,15H,2-3,5,10,12H2,1H3. The Kier molecular flexibility index (Phi) is 4.61. The van der Waals surface area contributed by atoms with Gasteiger partial charge >= 0.3 is 0 Å². The predicted octanol–water partition coefficient (Wildman–Crippen LogP) is 6.23. The van der Waals surface area contributed by atoms with E-state index in [9.17, 15) is 0 Å². The van der Waals surface area contributed by atoms with E-state index in [2.05, 4.69) is 22.9 Å². The first kappa shape index (κ1) is 16.7. The molecular formula is C20H20Cl2N2O. The minimum absolute atomic E-state index is 0.284. The SMILES string of the molecule is CCCCC1CC2=C(O1)c1cccnc1N(c1ccc(Cl)c(Cl)c1)C2. The van der Waals surface area contributed by atoms with Crippen molar-refractivity contribution < 1.29 is 4.74 Å². The molecule has 2 aliphatic heterocycles. The van der Waals surface area contributed by atoms with Crippen molar-refractivity contribution >= 4 is 40.5 Å². The van der Waals surface area contributed by atoms with E-state index < -0.39 is 0 Å². The zero-order valence-electron chi connectivity index (χ0n) is 14.1. The highest BCUT2D eigenvalue weighted by Crippen LogP contribution is 2.44.